The molecule has 21 heavy (non-hydrogen) atoms. The molecule has 0 amide bonds. The van der Waals surface area contributed by atoms with Crippen LogP contribution in [-0.4, -0.2) is 51.4 Å². The van der Waals surface area contributed by atoms with Crippen molar-refractivity contribution in [3.05, 3.63) is 24.5 Å². The van der Waals surface area contributed by atoms with E-state index in [0.29, 0.717) is 19.1 Å². The van der Waals surface area contributed by atoms with E-state index in [1.807, 2.05) is 24.5 Å². The van der Waals surface area contributed by atoms with E-state index in [1.54, 1.807) is 6.92 Å². The molecular weight excluding hydrogens is 288 g/mol. The Balaban J connectivity index is 1.70. The van der Waals surface area contributed by atoms with Crippen molar-refractivity contribution in [2.24, 2.45) is 0 Å². The van der Waals surface area contributed by atoms with Crippen LogP contribution in [0.1, 0.15) is 19.8 Å². The highest BCUT2D eigenvalue weighted by atomic mass is 32.2. The van der Waals surface area contributed by atoms with Crippen LogP contribution in [0, 0.1) is 0 Å². The van der Waals surface area contributed by atoms with Crippen LogP contribution in [0.2, 0.25) is 0 Å². The maximum Gasteiger partial charge on any atom is 0.212 e. The number of nitrogens with zero attached hydrogens (tertiary/aromatic N) is 2. The third kappa shape index (κ3) is 5.26. The van der Waals surface area contributed by atoms with Gasteiger partial charge in [0, 0.05) is 50.3 Å². The molecule has 0 saturated carbocycles. The predicted molar refractivity (Wildman–Crippen MR) is 84.9 cm³/mol. The fourth-order valence-corrected chi connectivity index (χ4v) is 3.56. The van der Waals surface area contributed by atoms with E-state index in [-0.39, 0.29) is 5.75 Å². The molecule has 2 N–H and O–H groups in total. The molecular formula is C14H24N4O2S. The number of nitrogens with one attached hydrogen (secondary N) is 2. The Labute approximate surface area is 127 Å². The molecule has 1 aromatic heterocycles. The monoisotopic (exact) mass is 312 g/mol. The van der Waals surface area contributed by atoms with Gasteiger partial charge in [-0.3, -0.25) is 4.98 Å². The third-order valence-corrected chi connectivity index (χ3v) is 5.16. The molecule has 2 rings (SSSR count). The van der Waals surface area contributed by atoms with Crippen LogP contribution in [0.4, 0.5) is 5.69 Å². The van der Waals surface area contributed by atoms with Crippen molar-refractivity contribution in [3.63, 3.8) is 0 Å². The van der Waals surface area contributed by atoms with Gasteiger partial charge in [0.05, 0.1) is 5.75 Å². The Kier molecular flexibility index (Phi) is 5.96. The van der Waals surface area contributed by atoms with Crippen LogP contribution in [0.25, 0.3) is 0 Å². The number of pyridine rings is 1. The van der Waals surface area contributed by atoms with Crippen molar-refractivity contribution in [1.82, 2.24) is 15.0 Å². The second-order valence-corrected chi connectivity index (χ2v) is 7.16. The highest BCUT2D eigenvalue weighted by Gasteiger charge is 2.19. The lowest BCUT2D eigenvalue weighted by molar-refractivity contribution is 0.423. The highest BCUT2D eigenvalue weighted by molar-refractivity contribution is 7.89. The predicted octanol–water partition coefficient (Wildman–Crippen LogP) is 0.579. The SMILES string of the molecule is CCNS(=O)(=O)CCNC1CCN(c2ccncc2)CC1. The molecule has 7 heteroatoms. The number of rotatable bonds is 7. The van der Waals surface area contributed by atoms with Crippen molar-refractivity contribution in [2.75, 3.05) is 36.8 Å². The van der Waals surface area contributed by atoms with E-state index in [9.17, 15) is 8.42 Å². The van der Waals surface area contributed by atoms with Crippen molar-refractivity contribution in [1.29, 1.82) is 0 Å². The Morgan fingerprint density at radius 3 is 2.57 bits per heavy atom. The van der Waals surface area contributed by atoms with Crippen molar-refractivity contribution in [2.45, 2.75) is 25.8 Å². The molecule has 0 atom stereocenters. The summed E-state index contributed by atoms with van der Waals surface area (Å²) in [5.74, 6) is 0.144. The number of hydrogen-bond donors (Lipinski definition) is 2. The molecule has 1 fully saturated rings. The topological polar surface area (TPSA) is 74.3 Å². The van der Waals surface area contributed by atoms with E-state index in [0.717, 1.165) is 25.9 Å². The summed E-state index contributed by atoms with van der Waals surface area (Å²) in [6.07, 6.45) is 5.68. The minimum absolute atomic E-state index is 0.144. The number of anilines is 1. The lowest BCUT2D eigenvalue weighted by Crippen LogP contribution is -2.44. The van der Waals surface area contributed by atoms with Crippen LogP contribution in [0.5, 0.6) is 0 Å². The number of aromatic nitrogens is 1. The Hall–Kier alpha value is -1.18. The van der Waals surface area contributed by atoms with Crippen molar-refractivity contribution < 1.29 is 8.42 Å². The quantitative estimate of drug-likeness (QED) is 0.770. The summed E-state index contributed by atoms with van der Waals surface area (Å²) < 4.78 is 25.6. The van der Waals surface area contributed by atoms with Crippen LogP contribution in [-0.2, 0) is 10.0 Å². The largest absolute Gasteiger partial charge is 0.371 e. The first kappa shape index (κ1) is 16.2. The van der Waals surface area contributed by atoms with E-state index < -0.39 is 10.0 Å². The molecule has 0 aliphatic carbocycles. The van der Waals surface area contributed by atoms with Gasteiger partial charge in [0.15, 0.2) is 0 Å². The van der Waals surface area contributed by atoms with Gasteiger partial charge in [-0.25, -0.2) is 13.1 Å². The van der Waals surface area contributed by atoms with Crippen LogP contribution in [0.3, 0.4) is 0 Å². The lowest BCUT2D eigenvalue weighted by atomic mass is 10.0. The third-order valence-electron chi connectivity index (χ3n) is 3.69. The van der Waals surface area contributed by atoms with E-state index in [2.05, 4.69) is 19.9 Å². The lowest BCUT2D eigenvalue weighted by Gasteiger charge is -2.34. The summed E-state index contributed by atoms with van der Waals surface area (Å²) in [7, 11) is -3.12. The molecule has 0 aromatic carbocycles. The zero-order valence-electron chi connectivity index (χ0n) is 12.5. The van der Waals surface area contributed by atoms with E-state index >= 15 is 0 Å². The Bertz CT molecular complexity index is 513. The maximum absolute atomic E-state index is 11.5. The normalized spacial score (nSPS) is 17.1. The first-order chi connectivity index (χ1) is 10.1. The first-order valence-electron chi connectivity index (χ1n) is 7.46. The molecule has 0 bridgehead atoms. The number of piperidine rings is 1. The minimum atomic E-state index is -3.12. The van der Waals surface area contributed by atoms with Gasteiger partial charge in [0.1, 0.15) is 0 Å². The summed E-state index contributed by atoms with van der Waals surface area (Å²) in [6.45, 7) is 4.73. The van der Waals surface area contributed by atoms with Gasteiger partial charge >= 0.3 is 0 Å². The van der Waals surface area contributed by atoms with Gasteiger partial charge in [-0.05, 0) is 25.0 Å². The molecule has 1 aliphatic heterocycles. The molecule has 6 nitrogen and oxygen atoms in total. The second kappa shape index (κ2) is 7.72. The Morgan fingerprint density at radius 2 is 1.95 bits per heavy atom. The van der Waals surface area contributed by atoms with Gasteiger partial charge in [-0.1, -0.05) is 6.92 Å². The summed E-state index contributed by atoms with van der Waals surface area (Å²) in [5, 5.41) is 3.35. The highest BCUT2D eigenvalue weighted by Crippen LogP contribution is 2.18. The number of sulfonamides is 1. The molecule has 1 saturated heterocycles. The van der Waals surface area contributed by atoms with Crippen LogP contribution in [0.15, 0.2) is 24.5 Å². The zero-order valence-corrected chi connectivity index (χ0v) is 13.3. The maximum atomic E-state index is 11.5. The molecule has 2 heterocycles. The van der Waals surface area contributed by atoms with Gasteiger partial charge in [-0.15, -0.1) is 0 Å². The molecule has 0 unspecified atom stereocenters. The second-order valence-electron chi connectivity index (χ2n) is 5.24. The van der Waals surface area contributed by atoms with E-state index in [4.69, 9.17) is 0 Å². The summed E-state index contributed by atoms with van der Waals surface area (Å²) >= 11 is 0. The van der Waals surface area contributed by atoms with Gasteiger partial charge in [0.2, 0.25) is 10.0 Å². The van der Waals surface area contributed by atoms with Crippen LogP contribution >= 0.6 is 0 Å². The zero-order chi connectivity index (χ0) is 15.1. The van der Waals surface area contributed by atoms with Crippen molar-refractivity contribution in [3.8, 4) is 0 Å². The van der Waals surface area contributed by atoms with E-state index in [1.165, 1.54) is 5.69 Å². The first-order valence-corrected chi connectivity index (χ1v) is 9.11. The fraction of sp³-hybridized carbons (Fsp3) is 0.643. The summed E-state index contributed by atoms with van der Waals surface area (Å²) in [5.41, 5.74) is 1.21. The average molecular weight is 312 g/mol. The Morgan fingerprint density at radius 1 is 1.29 bits per heavy atom. The molecule has 1 aliphatic rings. The smallest absolute Gasteiger partial charge is 0.212 e. The van der Waals surface area contributed by atoms with Gasteiger partial charge in [0.25, 0.3) is 0 Å². The number of hydrogen-bond acceptors (Lipinski definition) is 5. The molecule has 118 valence electrons. The minimum Gasteiger partial charge on any atom is -0.371 e. The summed E-state index contributed by atoms with van der Waals surface area (Å²) in [4.78, 5) is 6.37. The molecule has 0 spiro atoms. The summed E-state index contributed by atoms with van der Waals surface area (Å²) in [6, 6.07) is 4.45. The van der Waals surface area contributed by atoms with Crippen molar-refractivity contribution >= 4 is 15.7 Å². The molecule has 0 radical (unpaired) electrons. The molecule has 1 aromatic rings. The fourth-order valence-electron chi connectivity index (χ4n) is 2.59. The van der Waals surface area contributed by atoms with Gasteiger partial charge in [-0.2, -0.15) is 0 Å². The van der Waals surface area contributed by atoms with Gasteiger partial charge < -0.3 is 10.2 Å². The average Bonchev–Trinajstić information content (AvgIpc) is 2.48. The van der Waals surface area contributed by atoms with Crippen LogP contribution < -0.4 is 14.9 Å². The standard InChI is InChI=1S/C14H24N4O2S/c1-2-17-21(19,20)12-9-16-13-5-10-18(11-6-13)14-3-7-15-8-4-14/h3-4,7-8,13,16-17H,2,5-6,9-12H2,1H3.